The van der Waals surface area contributed by atoms with Crippen molar-refractivity contribution in [1.29, 1.82) is 0 Å². The first-order valence-corrected chi connectivity index (χ1v) is 15.0. The van der Waals surface area contributed by atoms with E-state index in [2.05, 4.69) is 155 Å². The van der Waals surface area contributed by atoms with E-state index in [1.54, 1.807) is 0 Å². The maximum Gasteiger partial charge on any atom is 0.179 e. The lowest BCUT2D eigenvalue weighted by Crippen LogP contribution is -2.74. The summed E-state index contributed by atoms with van der Waals surface area (Å²) in [5.41, 5.74) is 3.62. The summed E-state index contributed by atoms with van der Waals surface area (Å²) < 4.78 is 2.38. The predicted octanol–water partition coefficient (Wildman–Crippen LogP) is 5.56. The van der Waals surface area contributed by atoms with E-state index in [-0.39, 0.29) is 0 Å². The van der Waals surface area contributed by atoms with Crippen LogP contribution < -0.4 is 20.7 Å². The fourth-order valence-electron chi connectivity index (χ4n) is 6.04. The van der Waals surface area contributed by atoms with Crippen LogP contribution in [0.25, 0.3) is 27.5 Å². The highest BCUT2D eigenvalue weighted by Gasteiger charge is 2.41. The van der Waals surface area contributed by atoms with Crippen LogP contribution in [0.1, 0.15) is 0 Å². The largest absolute Gasteiger partial charge is 0.309 e. The quantitative estimate of drug-likeness (QED) is 0.223. The molecule has 0 aliphatic carbocycles. The maximum atomic E-state index is 4.39. The van der Waals surface area contributed by atoms with Gasteiger partial charge in [-0.2, -0.15) is 0 Å². The van der Waals surface area contributed by atoms with Crippen molar-refractivity contribution in [3.8, 4) is 5.69 Å². The van der Waals surface area contributed by atoms with Crippen LogP contribution in [0.3, 0.4) is 0 Å². The van der Waals surface area contributed by atoms with Crippen LogP contribution in [0.15, 0.2) is 158 Å². The fraction of sp³-hybridized carbons (Fsp3) is 0. The Hall–Kier alpha value is -4.73. The number of nitrogens with zero attached hydrogens (tertiary/aromatic N) is 2. The van der Waals surface area contributed by atoms with Crippen LogP contribution in [0.4, 0.5) is 0 Å². The minimum Gasteiger partial charge on any atom is -0.309 e. The molecule has 180 valence electrons. The van der Waals surface area contributed by atoms with Crippen molar-refractivity contribution in [1.82, 2.24) is 9.55 Å². The van der Waals surface area contributed by atoms with Gasteiger partial charge < -0.3 is 4.57 Å². The molecule has 0 radical (unpaired) electrons. The minimum absolute atomic E-state index is 1.18. The van der Waals surface area contributed by atoms with Gasteiger partial charge in [0.05, 0.1) is 11.0 Å². The van der Waals surface area contributed by atoms with Crippen molar-refractivity contribution < 1.29 is 0 Å². The van der Waals surface area contributed by atoms with Gasteiger partial charge in [-0.3, -0.25) is 4.98 Å². The molecule has 0 N–H and O–H groups in total. The first-order valence-electron chi connectivity index (χ1n) is 13.0. The van der Waals surface area contributed by atoms with Crippen LogP contribution in [-0.4, -0.2) is 17.6 Å². The van der Waals surface area contributed by atoms with E-state index in [0.29, 0.717) is 0 Å². The minimum atomic E-state index is -2.62. The van der Waals surface area contributed by atoms with Crippen molar-refractivity contribution in [3.05, 3.63) is 158 Å². The summed E-state index contributed by atoms with van der Waals surface area (Å²) in [6.45, 7) is 0. The van der Waals surface area contributed by atoms with Gasteiger partial charge in [-0.1, -0.05) is 109 Å². The third-order valence-corrected chi connectivity index (χ3v) is 12.4. The van der Waals surface area contributed by atoms with Crippen molar-refractivity contribution in [2.45, 2.75) is 0 Å². The molecule has 2 nitrogen and oxygen atoms in total. The third-order valence-electron chi connectivity index (χ3n) is 7.65. The van der Waals surface area contributed by atoms with Crippen LogP contribution >= 0.6 is 0 Å². The molecule has 0 amide bonds. The molecule has 7 rings (SSSR count). The van der Waals surface area contributed by atoms with Gasteiger partial charge in [0.2, 0.25) is 0 Å². The molecule has 0 spiro atoms. The number of aromatic nitrogens is 2. The van der Waals surface area contributed by atoms with Gasteiger partial charge in [-0.25, -0.2) is 0 Å². The number of para-hydroxylation sites is 2. The Kier molecular flexibility index (Phi) is 5.49. The summed E-state index contributed by atoms with van der Waals surface area (Å²) in [5, 5.41) is 7.97. The standard InChI is InChI=1S/C35H26N2Si/c1-4-12-27(13-5-1)37-34-19-11-10-18-32(34)33-26-31(20-21-35(33)37)38(28-14-6-2-7-15-28,29-16-8-3-9-17-29)30-22-24-36-25-23-30/h1-26H. The molecule has 2 heterocycles. The number of benzene rings is 5. The summed E-state index contributed by atoms with van der Waals surface area (Å²) in [4.78, 5) is 4.39. The normalized spacial score (nSPS) is 11.7. The van der Waals surface area contributed by atoms with E-state index in [9.17, 15) is 0 Å². The number of pyridine rings is 1. The Labute approximate surface area is 223 Å². The fourth-order valence-corrected chi connectivity index (χ4v) is 10.8. The van der Waals surface area contributed by atoms with E-state index in [0.717, 1.165) is 0 Å². The molecule has 0 bridgehead atoms. The lowest BCUT2D eigenvalue weighted by atomic mass is 10.1. The highest BCUT2D eigenvalue weighted by Crippen LogP contribution is 2.31. The van der Waals surface area contributed by atoms with Gasteiger partial charge in [0.25, 0.3) is 0 Å². The number of hydrogen-bond acceptors (Lipinski definition) is 1. The Morgan fingerprint density at radius 3 is 1.61 bits per heavy atom. The SMILES string of the molecule is c1ccc(-n2c3ccccc3c3cc([Si](c4ccccc4)(c4ccccc4)c4ccncc4)ccc32)cc1. The molecular formula is C35H26N2Si. The molecule has 0 aliphatic heterocycles. The Balaban J connectivity index is 1.61. The molecule has 0 fully saturated rings. The lowest BCUT2D eigenvalue weighted by molar-refractivity contribution is 1.18. The van der Waals surface area contributed by atoms with E-state index in [1.807, 2.05) is 12.4 Å². The second-order valence-electron chi connectivity index (χ2n) is 9.64. The van der Waals surface area contributed by atoms with E-state index in [4.69, 9.17) is 0 Å². The van der Waals surface area contributed by atoms with Crippen molar-refractivity contribution in [2.24, 2.45) is 0 Å². The van der Waals surface area contributed by atoms with Crippen molar-refractivity contribution in [2.75, 3.05) is 0 Å². The molecular weight excluding hydrogens is 476 g/mol. The molecule has 3 heteroatoms. The first kappa shape index (κ1) is 22.5. The third kappa shape index (κ3) is 3.44. The second kappa shape index (κ2) is 9.29. The Morgan fingerprint density at radius 2 is 0.947 bits per heavy atom. The van der Waals surface area contributed by atoms with Gasteiger partial charge in [0, 0.05) is 28.9 Å². The predicted molar refractivity (Wildman–Crippen MR) is 162 cm³/mol. The van der Waals surface area contributed by atoms with Gasteiger partial charge in [0.1, 0.15) is 0 Å². The van der Waals surface area contributed by atoms with Gasteiger partial charge in [-0.05, 0) is 57.1 Å². The van der Waals surface area contributed by atoms with E-state index in [1.165, 1.54) is 48.2 Å². The smallest absolute Gasteiger partial charge is 0.179 e. The molecule has 0 saturated heterocycles. The van der Waals surface area contributed by atoms with Crippen LogP contribution in [0.5, 0.6) is 0 Å². The summed E-state index contributed by atoms with van der Waals surface area (Å²) in [6, 6.07) is 53.1. The van der Waals surface area contributed by atoms with Crippen molar-refractivity contribution in [3.63, 3.8) is 0 Å². The van der Waals surface area contributed by atoms with Crippen LogP contribution in [0, 0.1) is 0 Å². The van der Waals surface area contributed by atoms with Gasteiger partial charge in [-0.15, -0.1) is 0 Å². The summed E-state index contributed by atoms with van der Waals surface area (Å²) in [7, 11) is -2.62. The average Bonchev–Trinajstić information content (AvgIpc) is 3.34. The molecule has 0 saturated carbocycles. The second-order valence-corrected chi connectivity index (χ2v) is 13.4. The molecule has 7 aromatic rings. The topological polar surface area (TPSA) is 17.8 Å². The number of rotatable bonds is 5. The summed E-state index contributed by atoms with van der Waals surface area (Å²) in [6.07, 6.45) is 3.87. The molecule has 0 atom stereocenters. The highest BCUT2D eigenvalue weighted by molar-refractivity contribution is 7.20. The van der Waals surface area contributed by atoms with E-state index >= 15 is 0 Å². The number of fused-ring (bicyclic) bond motifs is 3. The van der Waals surface area contributed by atoms with Gasteiger partial charge in [0.15, 0.2) is 8.07 Å². The zero-order valence-electron chi connectivity index (χ0n) is 20.9. The summed E-state index contributed by atoms with van der Waals surface area (Å²) in [5.74, 6) is 0. The monoisotopic (exact) mass is 502 g/mol. The molecule has 0 unspecified atom stereocenters. The number of hydrogen-bond donors (Lipinski definition) is 0. The van der Waals surface area contributed by atoms with E-state index < -0.39 is 8.07 Å². The highest BCUT2D eigenvalue weighted by atomic mass is 28.3. The first-order chi connectivity index (χ1) is 18.9. The van der Waals surface area contributed by atoms with Gasteiger partial charge >= 0.3 is 0 Å². The average molecular weight is 503 g/mol. The van der Waals surface area contributed by atoms with Crippen LogP contribution in [0.2, 0.25) is 0 Å². The summed E-state index contributed by atoms with van der Waals surface area (Å²) >= 11 is 0. The van der Waals surface area contributed by atoms with Crippen molar-refractivity contribution >= 4 is 50.6 Å². The maximum absolute atomic E-state index is 4.39. The molecule has 2 aromatic heterocycles. The van der Waals surface area contributed by atoms with Crippen LogP contribution in [-0.2, 0) is 0 Å². The molecule has 5 aromatic carbocycles. The zero-order valence-corrected chi connectivity index (χ0v) is 21.9. The Bertz CT molecular complexity index is 1750. The molecule has 38 heavy (non-hydrogen) atoms. The zero-order chi connectivity index (χ0) is 25.4. The Morgan fingerprint density at radius 1 is 0.421 bits per heavy atom. The molecule has 0 aliphatic rings. The lowest BCUT2D eigenvalue weighted by Gasteiger charge is -2.34.